The molecule has 0 bridgehead atoms. The highest BCUT2D eigenvalue weighted by Crippen LogP contribution is 2.51. The van der Waals surface area contributed by atoms with Gasteiger partial charge in [-0.25, -0.2) is 0 Å². The van der Waals surface area contributed by atoms with Gasteiger partial charge in [0.2, 0.25) is 0 Å². The van der Waals surface area contributed by atoms with Gasteiger partial charge in [0.1, 0.15) is 5.69 Å². The maximum atomic E-state index is 13.0. The summed E-state index contributed by atoms with van der Waals surface area (Å²) in [4.78, 5) is 13.0. The quantitative estimate of drug-likeness (QED) is 0.783. The number of nitrogens with zero attached hydrogens (tertiary/aromatic N) is 2. The summed E-state index contributed by atoms with van der Waals surface area (Å²) in [5.74, 6) is 0.111. The van der Waals surface area contributed by atoms with Crippen LogP contribution < -0.4 is 0 Å². The second-order valence-corrected chi connectivity index (χ2v) is 5.75. The number of hydrogen-bond donors (Lipinski definition) is 0. The molecule has 0 radical (unpaired) electrons. The monoisotopic (exact) mass is 288 g/mol. The van der Waals surface area contributed by atoms with Crippen LogP contribution in [-0.4, -0.2) is 15.6 Å². The molecule has 20 heavy (non-hydrogen) atoms. The van der Waals surface area contributed by atoms with Gasteiger partial charge >= 0.3 is 0 Å². The van der Waals surface area contributed by atoms with Crippen molar-refractivity contribution >= 4 is 17.4 Å². The highest BCUT2D eigenvalue weighted by molar-refractivity contribution is 6.34. The third kappa shape index (κ3) is 2.06. The third-order valence-electron chi connectivity index (χ3n) is 3.96. The molecule has 3 nitrogen and oxygen atoms in total. The first-order chi connectivity index (χ1) is 9.69. The Labute approximate surface area is 123 Å². The number of halogens is 1. The highest BCUT2D eigenvalue weighted by atomic mass is 35.5. The Bertz CT molecular complexity index is 629. The summed E-state index contributed by atoms with van der Waals surface area (Å²) in [6.45, 7) is 2.78. The van der Waals surface area contributed by atoms with Crippen LogP contribution >= 0.6 is 11.6 Å². The van der Waals surface area contributed by atoms with E-state index in [0.29, 0.717) is 10.7 Å². The van der Waals surface area contributed by atoms with Gasteiger partial charge in [-0.1, -0.05) is 48.9 Å². The van der Waals surface area contributed by atoms with Gasteiger partial charge in [0, 0.05) is 6.54 Å². The van der Waals surface area contributed by atoms with E-state index in [2.05, 4.69) is 12.0 Å². The predicted molar refractivity (Wildman–Crippen MR) is 79.2 cm³/mol. The summed E-state index contributed by atoms with van der Waals surface area (Å²) < 4.78 is 1.74. The molecule has 1 aliphatic rings. The molecule has 0 amide bonds. The molecular weight excluding hydrogens is 272 g/mol. The lowest BCUT2D eigenvalue weighted by molar-refractivity contribution is 0.0935. The van der Waals surface area contributed by atoms with E-state index >= 15 is 0 Å². The van der Waals surface area contributed by atoms with Crippen molar-refractivity contribution in [2.24, 2.45) is 0 Å². The van der Waals surface area contributed by atoms with Gasteiger partial charge in [0.05, 0.1) is 16.6 Å². The van der Waals surface area contributed by atoms with Crippen LogP contribution in [-0.2, 0) is 12.0 Å². The van der Waals surface area contributed by atoms with Gasteiger partial charge in [-0.2, -0.15) is 5.10 Å². The standard InChI is InChI=1S/C16H17ClN2O/c1-2-10-19-14(13(17)11-18-19)15(20)16(8-9-16)12-6-4-3-5-7-12/h3-7,11H,2,8-10H2,1H3. The fraction of sp³-hybridized carbons (Fsp3) is 0.375. The Kier molecular flexibility index (Phi) is 3.38. The van der Waals surface area contributed by atoms with Crippen molar-refractivity contribution in [1.82, 2.24) is 9.78 Å². The van der Waals surface area contributed by atoms with Crippen LogP contribution in [0.25, 0.3) is 0 Å². The summed E-state index contributed by atoms with van der Waals surface area (Å²) in [5.41, 5.74) is 1.27. The zero-order valence-corrected chi connectivity index (χ0v) is 12.2. The number of rotatable bonds is 5. The largest absolute Gasteiger partial charge is 0.291 e. The van der Waals surface area contributed by atoms with Gasteiger partial charge in [-0.3, -0.25) is 9.48 Å². The molecular formula is C16H17ClN2O. The first kappa shape index (κ1) is 13.4. The fourth-order valence-corrected chi connectivity index (χ4v) is 2.95. The Morgan fingerprint density at radius 1 is 1.35 bits per heavy atom. The Balaban J connectivity index is 2.00. The summed E-state index contributed by atoms with van der Waals surface area (Å²) in [6, 6.07) is 9.98. The van der Waals surface area contributed by atoms with Crippen molar-refractivity contribution in [2.45, 2.75) is 38.1 Å². The average Bonchev–Trinajstić information content (AvgIpc) is 3.20. The molecule has 104 valence electrons. The van der Waals surface area contributed by atoms with Crippen LogP contribution in [0.5, 0.6) is 0 Å². The van der Waals surface area contributed by atoms with Crippen LogP contribution in [0.3, 0.4) is 0 Å². The van der Waals surface area contributed by atoms with E-state index in [1.54, 1.807) is 10.9 Å². The molecule has 0 N–H and O–H groups in total. The summed E-state index contributed by atoms with van der Waals surface area (Å²) >= 11 is 6.19. The first-order valence-corrected chi connectivity index (χ1v) is 7.38. The van der Waals surface area contributed by atoms with Crippen molar-refractivity contribution in [3.8, 4) is 0 Å². The zero-order chi connectivity index (χ0) is 14.2. The predicted octanol–water partition coefficient (Wildman–Crippen LogP) is 3.86. The third-order valence-corrected chi connectivity index (χ3v) is 4.23. The van der Waals surface area contributed by atoms with E-state index in [1.807, 2.05) is 30.3 Å². The molecule has 1 aromatic heterocycles. The number of carbonyl (C=O) groups is 1. The van der Waals surface area contributed by atoms with E-state index in [0.717, 1.165) is 31.4 Å². The first-order valence-electron chi connectivity index (χ1n) is 7.00. The van der Waals surface area contributed by atoms with Crippen molar-refractivity contribution in [2.75, 3.05) is 0 Å². The number of hydrogen-bond acceptors (Lipinski definition) is 2. The van der Waals surface area contributed by atoms with Crippen molar-refractivity contribution in [3.63, 3.8) is 0 Å². The minimum Gasteiger partial charge on any atom is -0.291 e. The van der Waals surface area contributed by atoms with Crippen LogP contribution in [0, 0.1) is 0 Å². The van der Waals surface area contributed by atoms with E-state index in [1.165, 1.54) is 0 Å². The second-order valence-electron chi connectivity index (χ2n) is 5.34. The molecule has 3 rings (SSSR count). The lowest BCUT2D eigenvalue weighted by atomic mass is 9.89. The van der Waals surface area contributed by atoms with Gasteiger partial charge in [0.15, 0.2) is 5.78 Å². The smallest absolute Gasteiger partial charge is 0.192 e. The van der Waals surface area contributed by atoms with Crippen LogP contribution in [0.4, 0.5) is 0 Å². The molecule has 1 aliphatic carbocycles. The molecule has 0 unspecified atom stereocenters. The van der Waals surface area contributed by atoms with E-state index in [4.69, 9.17) is 11.6 Å². The number of ketones is 1. The van der Waals surface area contributed by atoms with Gasteiger partial charge in [-0.15, -0.1) is 0 Å². The number of benzene rings is 1. The topological polar surface area (TPSA) is 34.9 Å². The lowest BCUT2D eigenvalue weighted by Crippen LogP contribution is -2.24. The molecule has 2 aromatic rings. The molecule has 0 saturated heterocycles. The number of aryl methyl sites for hydroxylation is 1. The molecule has 0 aliphatic heterocycles. The minimum atomic E-state index is -0.379. The van der Waals surface area contributed by atoms with Crippen molar-refractivity contribution in [3.05, 3.63) is 52.8 Å². The van der Waals surface area contributed by atoms with Gasteiger partial charge in [-0.05, 0) is 24.8 Å². The molecule has 1 aromatic carbocycles. The minimum absolute atomic E-state index is 0.111. The van der Waals surface area contributed by atoms with E-state index in [-0.39, 0.29) is 11.2 Å². The summed E-state index contributed by atoms with van der Waals surface area (Å²) in [7, 11) is 0. The summed E-state index contributed by atoms with van der Waals surface area (Å²) in [5, 5.41) is 4.69. The molecule has 4 heteroatoms. The molecule has 1 heterocycles. The van der Waals surface area contributed by atoms with Crippen LogP contribution in [0.15, 0.2) is 36.5 Å². The number of aromatic nitrogens is 2. The normalized spacial score (nSPS) is 16.1. The Hall–Kier alpha value is -1.61. The summed E-state index contributed by atoms with van der Waals surface area (Å²) in [6.07, 6.45) is 4.29. The Morgan fingerprint density at radius 2 is 2.05 bits per heavy atom. The second kappa shape index (κ2) is 5.06. The van der Waals surface area contributed by atoms with E-state index in [9.17, 15) is 4.79 Å². The van der Waals surface area contributed by atoms with Gasteiger partial charge < -0.3 is 0 Å². The maximum Gasteiger partial charge on any atom is 0.192 e. The number of carbonyl (C=O) groups excluding carboxylic acids is 1. The number of Topliss-reactive ketones (excluding diaryl/α,β-unsaturated/α-hetero) is 1. The average molecular weight is 289 g/mol. The molecule has 0 atom stereocenters. The van der Waals surface area contributed by atoms with Crippen LogP contribution in [0.1, 0.15) is 42.2 Å². The highest BCUT2D eigenvalue weighted by Gasteiger charge is 2.52. The van der Waals surface area contributed by atoms with Crippen LogP contribution in [0.2, 0.25) is 5.02 Å². The zero-order valence-electron chi connectivity index (χ0n) is 11.5. The van der Waals surface area contributed by atoms with Crippen molar-refractivity contribution < 1.29 is 4.79 Å². The van der Waals surface area contributed by atoms with Gasteiger partial charge in [0.25, 0.3) is 0 Å². The van der Waals surface area contributed by atoms with Crippen molar-refractivity contribution in [1.29, 1.82) is 0 Å². The van der Waals surface area contributed by atoms with E-state index < -0.39 is 0 Å². The SMILES string of the molecule is CCCn1ncc(Cl)c1C(=O)C1(c2ccccc2)CC1. The Morgan fingerprint density at radius 3 is 2.65 bits per heavy atom. The molecule has 1 fully saturated rings. The molecule has 1 saturated carbocycles. The lowest BCUT2D eigenvalue weighted by Gasteiger charge is -2.15. The maximum absolute atomic E-state index is 13.0. The fourth-order valence-electron chi connectivity index (χ4n) is 2.73. The molecule has 0 spiro atoms.